The summed E-state index contributed by atoms with van der Waals surface area (Å²) in [6, 6.07) is 1.70. The van der Waals surface area contributed by atoms with E-state index in [-0.39, 0.29) is 5.56 Å². The van der Waals surface area contributed by atoms with E-state index in [0.717, 1.165) is 0 Å². The molecule has 0 atom stereocenters. The number of hydrogen-bond donors (Lipinski definition) is 0. The Kier molecular flexibility index (Phi) is 2.07. The molecule has 0 aromatic carbocycles. The van der Waals surface area contributed by atoms with Gasteiger partial charge >= 0.3 is 0 Å². The van der Waals surface area contributed by atoms with Gasteiger partial charge in [0.15, 0.2) is 0 Å². The standard InChI is InChI=1S/C9H12N4O/c1-7(2)5-12-9(14)8-3-4-10-13(8)6-11-12/h3-4,6-7H,5H2,1-2H3. The summed E-state index contributed by atoms with van der Waals surface area (Å²) in [6.45, 7) is 4.74. The molecular formula is C9H12N4O. The lowest BCUT2D eigenvalue weighted by atomic mass is 10.2. The van der Waals surface area contributed by atoms with E-state index in [1.807, 2.05) is 0 Å². The first kappa shape index (κ1) is 8.93. The van der Waals surface area contributed by atoms with Gasteiger partial charge in [-0.1, -0.05) is 13.8 Å². The van der Waals surface area contributed by atoms with Crippen molar-refractivity contribution in [1.82, 2.24) is 19.4 Å². The minimum atomic E-state index is -0.0845. The molecule has 0 aliphatic carbocycles. The first-order chi connectivity index (χ1) is 6.68. The van der Waals surface area contributed by atoms with Gasteiger partial charge in [0, 0.05) is 6.54 Å². The third-order valence-electron chi connectivity index (χ3n) is 1.96. The molecule has 0 N–H and O–H groups in total. The van der Waals surface area contributed by atoms with Gasteiger partial charge in [-0.15, -0.1) is 0 Å². The molecule has 14 heavy (non-hydrogen) atoms. The zero-order valence-corrected chi connectivity index (χ0v) is 8.21. The van der Waals surface area contributed by atoms with Crippen LogP contribution in [-0.2, 0) is 6.54 Å². The third kappa shape index (κ3) is 1.41. The van der Waals surface area contributed by atoms with Gasteiger partial charge in [-0.05, 0) is 12.0 Å². The predicted octanol–water partition coefficient (Wildman–Crippen LogP) is 0.547. The van der Waals surface area contributed by atoms with Crippen LogP contribution in [0.4, 0.5) is 0 Å². The SMILES string of the molecule is CC(C)Cn1ncn2nccc2c1=O. The van der Waals surface area contributed by atoms with Crippen LogP contribution in [0.2, 0.25) is 0 Å². The fourth-order valence-corrected chi connectivity index (χ4v) is 1.35. The molecule has 2 rings (SSSR count). The monoisotopic (exact) mass is 192 g/mol. The summed E-state index contributed by atoms with van der Waals surface area (Å²) >= 11 is 0. The molecule has 0 amide bonds. The molecule has 0 aliphatic heterocycles. The van der Waals surface area contributed by atoms with Crippen LogP contribution >= 0.6 is 0 Å². The Balaban J connectivity index is 2.57. The van der Waals surface area contributed by atoms with Crippen molar-refractivity contribution in [1.29, 1.82) is 0 Å². The maximum absolute atomic E-state index is 11.8. The van der Waals surface area contributed by atoms with Gasteiger partial charge in [-0.3, -0.25) is 4.79 Å². The summed E-state index contributed by atoms with van der Waals surface area (Å²) < 4.78 is 2.96. The molecule has 2 aromatic heterocycles. The first-order valence-electron chi connectivity index (χ1n) is 4.58. The summed E-state index contributed by atoms with van der Waals surface area (Å²) in [5, 5.41) is 7.96. The van der Waals surface area contributed by atoms with E-state index in [9.17, 15) is 4.79 Å². The van der Waals surface area contributed by atoms with Gasteiger partial charge in [-0.25, -0.2) is 9.20 Å². The maximum Gasteiger partial charge on any atom is 0.292 e. The van der Waals surface area contributed by atoms with Gasteiger partial charge < -0.3 is 0 Å². The Bertz CT molecular complexity index is 497. The van der Waals surface area contributed by atoms with Crippen molar-refractivity contribution in [2.45, 2.75) is 20.4 Å². The smallest absolute Gasteiger partial charge is 0.265 e. The summed E-state index contributed by atoms with van der Waals surface area (Å²) in [6.07, 6.45) is 3.15. The van der Waals surface area contributed by atoms with Crippen LogP contribution in [0.1, 0.15) is 13.8 Å². The topological polar surface area (TPSA) is 52.2 Å². The Morgan fingerprint density at radius 1 is 1.43 bits per heavy atom. The molecule has 2 heterocycles. The molecule has 0 radical (unpaired) electrons. The molecule has 2 aromatic rings. The fourth-order valence-electron chi connectivity index (χ4n) is 1.35. The first-order valence-corrected chi connectivity index (χ1v) is 4.58. The number of aromatic nitrogens is 4. The Morgan fingerprint density at radius 2 is 2.21 bits per heavy atom. The molecule has 0 fully saturated rings. The number of nitrogens with zero attached hydrogens (tertiary/aromatic N) is 4. The van der Waals surface area contributed by atoms with E-state index < -0.39 is 0 Å². The lowest BCUT2D eigenvalue weighted by Crippen LogP contribution is -2.26. The van der Waals surface area contributed by atoms with Gasteiger partial charge in [0.1, 0.15) is 11.8 Å². The van der Waals surface area contributed by atoms with Crippen LogP contribution in [0.15, 0.2) is 23.4 Å². The van der Waals surface area contributed by atoms with Crippen LogP contribution in [0.25, 0.3) is 5.52 Å². The van der Waals surface area contributed by atoms with Gasteiger partial charge in [0.2, 0.25) is 0 Å². The van der Waals surface area contributed by atoms with Crippen molar-refractivity contribution in [3.8, 4) is 0 Å². The molecule has 0 saturated heterocycles. The zero-order chi connectivity index (χ0) is 10.1. The normalized spacial score (nSPS) is 11.4. The zero-order valence-electron chi connectivity index (χ0n) is 8.21. The predicted molar refractivity (Wildman–Crippen MR) is 52.1 cm³/mol. The molecule has 0 saturated carbocycles. The lowest BCUT2D eigenvalue weighted by Gasteiger charge is -2.06. The summed E-state index contributed by atoms with van der Waals surface area (Å²) in [5.74, 6) is 0.408. The average Bonchev–Trinajstić information content (AvgIpc) is 2.57. The van der Waals surface area contributed by atoms with Gasteiger partial charge in [0.25, 0.3) is 5.56 Å². The van der Waals surface area contributed by atoms with E-state index in [1.165, 1.54) is 9.20 Å². The molecule has 5 heteroatoms. The van der Waals surface area contributed by atoms with E-state index in [0.29, 0.717) is 18.0 Å². The Labute approximate surface area is 81.0 Å². The van der Waals surface area contributed by atoms with E-state index in [2.05, 4.69) is 24.0 Å². The lowest BCUT2D eigenvalue weighted by molar-refractivity contribution is 0.459. The molecule has 0 aliphatic rings. The van der Waals surface area contributed by atoms with Crippen molar-refractivity contribution in [3.05, 3.63) is 28.9 Å². The summed E-state index contributed by atoms with van der Waals surface area (Å²) in [7, 11) is 0. The highest BCUT2D eigenvalue weighted by atomic mass is 16.1. The van der Waals surface area contributed by atoms with Crippen LogP contribution in [0.3, 0.4) is 0 Å². The van der Waals surface area contributed by atoms with Crippen molar-refractivity contribution >= 4 is 5.52 Å². The largest absolute Gasteiger partial charge is 0.292 e. The molecular weight excluding hydrogens is 180 g/mol. The van der Waals surface area contributed by atoms with E-state index >= 15 is 0 Å². The third-order valence-corrected chi connectivity index (χ3v) is 1.96. The number of fused-ring (bicyclic) bond motifs is 1. The molecule has 74 valence electrons. The Morgan fingerprint density at radius 3 is 2.93 bits per heavy atom. The quantitative estimate of drug-likeness (QED) is 0.698. The second-order valence-corrected chi connectivity index (χ2v) is 3.67. The van der Waals surface area contributed by atoms with Crippen molar-refractivity contribution in [2.75, 3.05) is 0 Å². The molecule has 0 unspecified atom stereocenters. The van der Waals surface area contributed by atoms with Gasteiger partial charge in [0.05, 0.1) is 6.20 Å². The molecule has 0 spiro atoms. The highest BCUT2D eigenvalue weighted by Crippen LogP contribution is 1.96. The molecule has 0 bridgehead atoms. The minimum absolute atomic E-state index is 0.0845. The average molecular weight is 192 g/mol. The minimum Gasteiger partial charge on any atom is -0.265 e. The van der Waals surface area contributed by atoms with Crippen LogP contribution < -0.4 is 5.56 Å². The second kappa shape index (κ2) is 3.25. The fraction of sp³-hybridized carbons (Fsp3) is 0.444. The Hall–Kier alpha value is -1.65. The van der Waals surface area contributed by atoms with Crippen molar-refractivity contribution in [2.24, 2.45) is 5.92 Å². The van der Waals surface area contributed by atoms with Crippen molar-refractivity contribution in [3.63, 3.8) is 0 Å². The van der Waals surface area contributed by atoms with E-state index in [4.69, 9.17) is 0 Å². The van der Waals surface area contributed by atoms with E-state index in [1.54, 1.807) is 18.6 Å². The summed E-state index contributed by atoms with van der Waals surface area (Å²) in [4.78, 5) is 11.8. The van der Waals surface area contributed by atoms with Crippen molar-refractivity contribution < 1.29 is 0 Å². The molecule has 5 nitrogen and oxygen atoms in total. The number of hydrogen-bond acceptors (Lipinski definition) is 3. The number of rotatable bonds is 2. The summed E-state index contributed by atoms with van der Waals surface area (Å²) in [5.41, 5.74) is 0.486. The van der Waals surface area contributed by atoms with Gasteiger partial charge in [-0.2, -0.15) is 10.2 Å². The maximum atomic E-state index is 11.8. The van der Waals surface area contributed by atoms with Crippen LogP contribution in [0, 0.1) is 5.92 Å². The highest BCUT2D eigenvalue weighted by Gasteiger charge is 2.05. The van der Waals surface area contributed by atoms with Crippen LogP contribution in [-0.4, -0.2) is 19.4 Å². The highest BCUT2D eigenvalue weighted by molar-refractivity contribution is 5.41. The second-order valence-electron chi connectivity index (χ2n) is 3.67. The van der Waals surface area contributed by atoms with Crippen LogP contribution in [0.5, 0.6) is 0 Å².